The fourth-order valence-corrected chi connectivity index (χ4v) is 6.51. The van der Waals surface area contributed by atoms with E-state index in [1.54, 1.807) is 6.92 Å². The number of fused-ring (bicyclic) bond motifs is 3. The summed E-state index contributed by atoms with van der Waals surface area (Å²) in [7, 11) is 1.32. The van der Waals surface area contributed by atoms with Crippen LogP contribution in [0.15, 0.2) is 23.5 Å². The summed E-state index contributed by atoms with van der Waals surface area (Å²) in [5, 5.41) is 59.2. The highest BCUT2D eigenvalue weighted by Crippen LogP contribution is 2.52. The van der Waals surface area contributed by atoms with Gasteiger partial charge in [-0.2, -0.15) is 5.01 Å². The zero-order valence-corrected chi connectivity index (χ0v) is 29.0. The van der Waals surface area contributed by atoms with Crippen molar-refractivity contribution in [3.8, 4) is 17.2 Å². The maximum atomic E-state index is 13.6. The van der Waals surface area contributed by atoms with Crippen LogP contribution in [-0.4, -0.2) is 123 Å². The molecule has 0 saturated carbocycles. The Morgan fingerprint density at radius 3 is 2.41 bits per heavy atom. The number of nitrogens with two attached hydrogens (primary N) is 1. The third-order valence-electron chi connectivity index (χ3n) is 8.81. The zero-order chi connectivity index (χ0) is 37.8. The number of amides is 2. The Bertz CT molecular complexity index is 1680. The van der Waals surface area contributed by atoms with Crippen LogP contribution < -0.4 is 15.8 Å². The molecule has 6 atom stereocenters. The van der Waals surface area contributed by atoms with E-state index in [0.29, 0.717) is 17.4 Å². The number of carbonyl (C=O) groups is 4. The Balaban J connectivity index is 0.000000417. The number of benzene rings is 2. The van der Waals surface area contributed by atoms with Gasteiger partial charge < -0.3 is 50.8 Å². The molecule has 0 radical (unpaired) electrons. The second kappa shape index (κ2) is 16.6. The van der Waals surface area contributed by atoms with Crippen LogP contribution >= 0.6 is 23.2 Å². The first-order chi connectivity index (χ1) is 24.2. The number of alkyl halides is 2. The minimum Gasteiger partial charge on any atom is -0.507 e. The molecule has 5 rings (SSSR count). The number of nitroso groups, excluding NO2 is 1. The van der Waals surface area contributed by atoms with Crippen molar-refractivity contribution in [2.45, 2.75) is 62.4 Å². The number of nitrogens with zero attached hydrogens (tertiary/aromatic N) is 2. The molecule has 1 heterocycles. The molecule has 1 saturated heterocycles. The molecule has 0 unspecified atom stereocenters. The van der Waals surface area contributed by atoms with E-state index in [-0.39, 0.29) is 46.8 Å². The van der Waals surface area contributed by atoms with Gasteiger partial charge in [0.2, 0.25) is 5.78 Å². The van der Waals surface area contributed by atoms with Crippen LogP contribution in [-0.2, 0) is 20.7 Å². The second-order valence-electron chi connectivity index (χ2n) is 12.0. The average Bonchev–Trinajstić information content (AvgIpc) is 3.11. The van der Waals surface area contributed by atoms with Gasteiger partial charge in [0.25, 0.3) is 0 Å². The zero-order valence-electron chi connectivity index (χ0n) is 27.5. The van der Waals surface area contributed by atoms with Gasteiger partial charge in [0.05, 0.1) is 53.9 Å². The minimum absolute atomic E-state index is 0.0173. The fraction of sp³-hybridized carbons (Fsp3) is 0.500. The first-order valence-electron chi connectivity index (χ1n) is 15.7. The molecule has 3 aliphatic rings. The fourth-order valence-electron chi connectivity index (χ4n) is 6.26. The first kappa shape index (κ1) is 39.8. The Morgan fingerprint density at radius 2 is 1.82 bits per heavy atom. The molecule has 0 aromatic heterocycles. The predicted molar refractivity (Wildman–Crippen MR) is 179 cm³/mol. The summed E-state index contributed by atoms with van der Waals surface area (Å²) in [6.45, 7) is 0.956. The number of carbonyl (C=O) groups excluding carboxylic acids is 4. The van der Waals surface area contributed by atoms with E-state index < -0.39 is 102 Å². The summed E-state index contributed by atoms with van der Waals surface area (Å²) in [4.78, 5) is 60.7. The maximum Gasteiger partial charge on any atom is 0.340 e. The smallest absolute Gasteiger partial charge is 0.340 e. The molecule has 2 amide bonds. The maximum absolute atomic E-state index is 13.6. The highest BCUT2D eigenvalue weighted by atomic mass is 35.5. The highest BCUT2D eigenvalue weighted by molar-refractivity contribution is 6.31. The lowest BCUT2D eigenvalue weighted by Crippen LogP contribution is -2.53. The number of urea groups is 1. The minimum atomic E-state index is -2.24. The van der Waals surface area contributed by atoms with Gasteiger partial charge in [0, 0.05) is 60.3 Å². The largest absolute Gasteiger partial charge is 0.507 e. The number of hydrogen-bond acceptors (Lipinski definition) is 15. The van der Waals surface area contributed by atoms with E-state index in [9.17, 15) is 49.6 Å². The van der Waals surface area contributed by atoms with Crippen molar-refractivity contribution in [2.75, 3.05) is 38.6 Å². The lowest BCUT2D eigenvalue weighted by molar-refractivity contribution is -0.247. The van der Waals surface area contributed by atoms with Crippen LogP contribution in [0.5, 0.6) is 17.2 Å². The molecule has 1 aliphatic heterocycles. The summed E-state index contributed by atoms with van der Waals surface area (Å²) in [6, 6.07) is 3.06. The van der Waals surface area contributed by atoms with Crippen molar-refractivity contribution in [3.63, 3.8) is 0 Å². The number of nitrogens with one attached hydrogen (secondary N) is 1. The van der Waals surface area contributed by atoms with E-state index in [2.05, 4.69) is 10.6 Å². The van der Waals surface area contributed by atoms with Crippen molar-refractivity contribution >= 4 is 46.6 Å². The van der Waals surface area contributed by atoms with Crippen LogP contribution in [0.4, 0.5) is 4.79 Å². The van der Waals surface area contributed by atoms with Gasteiger partial charge in [-0.25, -0.2) is 4.79 Å². The molecule has 0 bridgehead atoms. The lowest BCUT2D eigenvalue weighted by atomic mass is 9.72. The molecule has 2 aromatic carbocycles. The van der Waals surface area contributed by atoms with Crippen LogP contribution in [0.25, 0.3) is 0 Å². The van der Waals surface area contributed by atoms with Crippen molar-refractivity contribution in [2.24, 2.45) is 11.0 Å². The third-order valence-corrected chi connectivity index (χ3v) is 9.16. The number of phenolic OH excluding ortho intramolecular Hbond substituents is 2. The molecule has 0 spiro atoms. The number of aromatic hydroxyl groups is 2. The molecule has 278 valence electrons. The normalized spacial score (nSPS) is 25.0. The number of methoxy groups -OCH3 is 1. The SMILES string of the molecule is COc1cccc2c1C(=O)c1c(O)c3c(c(O)c1C2=O)C[C@@](O)(C(=O)CO)C[C@@H]3O[C@H]1C[C@H](N)[C@H](O)[C@H](C)O1.O=NN(CCCl)C(=O)NCCCl. The van der Waals surface area contributed by atoms with Gasteiger partial charge in [-0.05, 0) is 13.0 Å². The van der Waals surface area contributed by atoms with Crippen molar-refractivity contribution < 1.29 is 58.9 Å². The van der Waals surface area contributed by atoms with E-state index in [1.165, 1.54) is 25.3 Å². The summed E-state index contributed by atoms with van der Waals surface area (Å²) in [5.74, 6) is -3.32. The number of halogens is 2. The Kier molecular flexibility index (Phi) is 13.0. The van der Waals surface area contributed by atoms with Crippen molar-refractivity contribution in [3.05, 3.63) is 56.5 Å². The van der Waals surface area contributed by atoms with Crippen LogP contribution in [0.2, 0.25) is 0 Å². The quantitative estimate of drug-likeness (QED) is 0.0663. The molecule has 51 heavy (non-hydrogen) atoms. The van der Waals surface area contributed by atoms with Gasteiger partial charge in [-0.3, -0.25) is 14.4 Å². The van der Waals surface area contributed by atoms with Gasteiger partial charge in [-0.1, -0.05) is 12.1 Å². The molecule has 17 nitrogen and oxygen atoms in total. The van der Waals surface area contributed by atoms with Crippen LogP contribution in [0.1, 0.15) is 68.8 Å². The number of aliphatic hydroxyl groups is 3. The first-order valence-corrected chi connectivity index (χ1v) is 16.7. The average molecular weight is 758 g/mol. The van der Waals surface area contributed by atoms with Gasteiger partial charge in [0.15, 0.2) is 17.9 Å². The van der Waals surface area contributed by atoms with E-state index in [4.69, 9.17) is 43.1 Å². The molecular formula is C32H38Cl2N4O13. The highest BCUT2D eigenvalue weighted by Gasteiger charge is 2.50. The van der Waals surface area contributed by atoms with Gasteiger partial charge in [0.1, 0.15) is 29.5 Å². The van der Waals surface area contributed by atoms with Gasteiger partial charge >= 0.3 is 6.03 Å². The second-order valence-corrected chi connectivity index (χ2v) is 12.7. The Hall–Kier alpha value is -3.94. The number of hydrogen-bond donors (Lipinski definition) is 7. The lowest BCUT2D eigenvalue weighted by Gasteiger charge is -2.42. The summed E-state index contributed by atoms with van der Waals surface area (Å²) < 4.78 is 17.0. The standard InChI is InChI=1S/C27H29NO11.C5H9Cl2N3O2/c1-10-22(31)13(28)6-17(38-10)39-15-8-27(36,16(30)9-29)7-12-19(15)26(35)21-20(24(12)33)23(32)11-4-3-5-14(37-2)18(11)25(21)34;6-1-3-8-5(11)10(9-12)4-2-7/h3-5,10,13,15,17,22,29,31,33,35-36H,6-9,28H2,1-2H3;1-4H2,(H,8,11)/t10-,13-,15-,17-,22+,27-;/m0./s1. The molecule has 2 aliphatic carbocycles. The van der Waals surface area contributed by atoms with E-state index in [1.807, 2.05) is 0 Å². The monoisotopic (exact) mass is 756 g/mol. The molecular weight excluding hydrogens is 719 g/mol. The number of phenols is 2. The van der Waals surface area contributed by atoms with Crippen molar-refractivity contribution in [1.82, 2.24) is 10.3 Å². The van der Waals surface area contributed by atoms with E-state index in [0.717, 1.165) is 0 Å². The Labute approximate surface area is 301 Å². The third kappa shape index (κ3) is 7.80. The topological polar surface area (TPSA) is 268 Å². The van der Waals surface area contributed by atoms with Gasteiger partial charge in [-0.15, -0.1) is 28.1 Å². The number of rotatable bonds is 10. The number of Topliss-reactive ketones (excluding diaryl/α,β-unsaturated/α-hetero) is 1. The predicted octanol–water partition coefficient (Wildman–Crippen LogP) is 1.16. The van der Waals surface area contributed by atoms with Crippen LogP contribution in [0.3, 0.4) is 0 Å². The molecule has 1 fully saturated rings. The number of aliphatic hydroxyl groups excluding tert-OH is 2. The molecule has 19 heteroatoms. The van der Waals surface area contributed by atoms with Crippen molar-refractivity contribution in [1.29, 1.82) is 0 Å². The molecule has 2 aromatic rings. The molecule has 8 N–H and O–H groups in total. The van der Waals surface area contributed by atoms with Crippen LogP contribution in [0, 0.1) is 4.91 Å². The summed E-state index contributed by atoms with van der Waals surface area (Å²) >= 11 is 10.6. The Morgan fingerprint density at radius 1 is 1.14 bits per heavy atom. The summed E-state index contributed by atoms with van der Waals surface area (Å²) in [5.41, 5.74) is 2.37. The number of ketones is 3. The number of ether oxygens (including phenoxy) is 3. The van der Waals surface area contributed by atoms with E-state index >= 15 is 0 Å². The summed E-state index contributed by atoms with van der Waals surface area (Å²) in [6.07, 6.45) is -5.12.